The molecule has 0 aliphatic rings. The van der Waals surface area contributed by atoms with E-state index in [1.807, 2.05) is 13.1 Å². The van der Waals surface area contributed by atoms with E-state index in [9.17, 15) is 0 Å². The van der Waals surface area contributed by atoms with Gasteiger partial charge in [-0.1, -0.05) is 30.3 Å². The molecular weight excluding hydrogens is 234 g/mol. The van der Waals surface area contributed by atoms with Crippen LogP contribution in [0, 0.1) is 0 Å². The van der Waals surface area contributed by atoms with Gasteiger partial charge >= 0.3 is 0 Å². The van der Waals surface area contributed by atoms with E-state index in [1.54, 1.807) is 0 Å². The van der Waals surface area contributed by atoms with Crippen LogP contribution in [-0.4, -0.2) is 9.55 Å². The van der Waals surface area contributed by atoms with Gasteiger partial charge in [-0.05, 0) is 29.0 Å². The largest absolute Gasteiger partial charge is 0.384 e. The van der Waals surface area contributed by atoms with Gasteiger partial charge in [-0.2, -0.15) is 0 Å². The second-order valence-electron chi connectivity index (χ2n) is 4.85. The highest BCUT2D eigenvalue weighted by Gasteiger charge is 2.11. The number of hydrogen-bond acceptors (Lipinski definition) is 2. The number of pyridine rings is 1. The predicted octanol–water partition coefficient (Wildman–Crippen LogP) is 3.46. The summed E-state index contributed by atoms with van der Waals surface area (Å²) >= 11 is 0. The lowest BCUT2D eigenvalue weighted by molar-refractivity contribution is 0.991. The van der Waals surface area contributed by atoms with E-state index in [0.29, 0.717) is 5.82 Å². The van der Waals surface area contributed by atoms with Crippen molar-refractivity contribution in [1.82, 2.24) is 9.55 Å². The van der Waals surface area contributed by atoms with Gasteiger partial charge in [0, 0.05) is 17.8 Å². The molecule has 0 radical (unpaired) electrons. The molecule has 2 N–H and O–H groups in total. The molecule has 92 valence electrons. The zero-order valence-corrected chi connectivity index (χ0v) is 10.6. The van der Waals surface area contributed by atoms with Gasteiger partial charge in [0.05, 0.1) is 5.52 Å². The molecule has 0 fully saturated rings. The van der Waals surface area contributed by atoms with E-state index in [2.05, 4.69) is 52.0 Å². The number of fused-ring (bicyclic) bond motifs is 5. The van der Waals surface area contributed by atoms with Gasteiger partial charge < -0.3 is 10.3 Å². The van der Waals surface area contributed by atoms with Crippen molar-refractivity contribution in [3.05, 3.63) is 48.5 Å². The average Bonchev–Trinajstić information content (AvgIpc) is 2.72. The molecule has 0 unspecified atom stereocenters. The number of aromatic nitrogens is 2. The number of rotatable bonds is 0. The first-order chi connectivity index (χ1) is 9.25. The number of nitrogens with two attached hydrogens (primary N) is 1. The zero-order valence-electron chi connectivity index (χ0n) is 10.6. The minimum Gasteiger partial charge on any atom is -0.384 e. The highest BCUT2D eigenvalue weighted by Crippen LogP contribution is 2.33. The van der Waals surface area contributed by atoms with Crippen molar-refractivity contribution in [2.24, 2.45) is 7.05 Å². The minimum atomic E-state index is 0.558. The monoisotopic (exact) mass is 247 g/mol. The van der Waals surface area contributed by atoms with E-state index in [0.717, 1.165) is 11.0 Å². The van der Waals surface area contributed by atoms with Crippen molar-refractivity contribution < 1.29 is 0 Å². The van der Waals surface area contributed by atoms with Crippen molar-refractivity contribution in [3.63, 3.8) is 0 Å². The fraction of sp³-hybridized carbons (Fsp3) is 0.0625. The maximum Gasteiger partial charge on any atom is 0.143 e. The maximum absolute atomic E-state index is 5.80. The quantitative estimate of drug-likeness (QED) is 0.517. The van der Waals surface area contributed by atoms with Crippen LogP contribution in [0.15, 0.2) is 48.5 Å². The molecule has 0 amide bonds. The lowest BCUT2D eigenvalue weighted by atomic mass is 10.0. The van der Waals surface area contributed by atoms with E-state index < -0.39 is 0 Å². The number of anilines is 1. The van der Waals surface area contributed by atoms with Gasteiger partial charge in [0.15, 0.2) is 0 Å². The first kappa shape index (κ1) is 10.4. The van der Waals surface area contributed by atoms with Crippen LogP contribution in [0.3, 0.4) is 0 Å². The molecule has 3 nitrogen and oxygen atoms in total. The Balaban J connectivity index is 2.37. The number of hydrogen-bond donors (Lipinski definition) is 1. The average molecular weight is 247 g/mol. The van der Waals surface area contributed by atoms with Crippen molar-refractivity contribution in [2.75, 3.05) is 5.73 Å². The molecule has 2 aromatic carbocycles. The second kappa shape index (κ2) is 3.48. The first-order valence-electron chi connectivity index (χ1n) is 6.28. The van der Waals surface area contributed by atoms with E-state index in [4.69, 9.17) is 5.73 Å². The highest BCUT2D eigenvalue weighted by molar-refractivity contribution is 6.20. The Hall–Kier alpha value is -2.55. The summed E-state index contributed by atoms with van der Waals surface area (Å²) in [4.78, 5) is 4.46. The van der Waals surface area contributed by atoms with Gasteiger partial charge in [-0.3, -0.25) is 0 Å². The van der Waals surface area contributed by atoms with Crippen LogP contribution in [0.25, 0.3) is 32.7 Å². The Bertz CT molecular complexity index is 935. The summed E-state index contributed by atoms with van der Waals surface area (Å²) in [5, 5.41) is 4.92. The van der Waals surface area contributed by atoms with Crippen molar-refractivity contribution in [2.45, 2.75) is 0 Å². The number of benzene rings is 2. The third-order valence-electron chi connectivity index (χ3n) is 3.75. The molecule has 4 rings (SSSR count). The molecule has 0 saturated heterocycles. The van der Waals surface area contributed by atoms with Crippen LogP contribution in [0.1, 0.15) is 0 Å². The lowest BCUT2D eigenvalue weighted by Crippen LogP contribution is -1.93. The van der Waals surface area contributed by atoms with E-state index in [1.165, 1.54) is 21.7 Å². The topological polar surface area (TPSA) is 43.8 Å². The molecular formula is C16H13N3. The van der Waals surface area contributed by atoms with Gasteiger partial charge in [0.25, 0.3) is 0 Å². The van der Waals surface area contributed by atoms with Crippen LogP contribution in [-0.2, 0) is 7.05 Å². The van der Waals surface area contributed by atoms with E-state index in [-0.39, 0.29) is 0 Å². The molecule has 4 aromatic rings. The Morgan fingerprint density at radius 3 is 2.68 bits per heavy atom. The first-order valence-corrected chi connectivity index (χ1v) is 6.28. The molecule has 0 aliphatic heterocycles. The van der Waals surface area contributed by atoms with Crippen LogP contribution in [0.5, 0.6) is 0 Å². The summed E-state index contributed by atoms with van der Waals surface area (Å²) in [6.07, 6.45) is 0. The summed E-state index contributed by atoms with van der Waals surface area (Å²) in [5.41, 5.74) is 7.93. The zero-order chi connectivity index (χ0) is 13.0. The number of aryl methyl sites for hydroxylation is 1. The number of nitrogens with zero attached hydrogens (tertiary/aromatic N) is 2. The van der Waals surface area contributed by atoms with Crippen molar-refractivity contribution in [3.8, 4) is 0 Å². The summed E-state index contributed by atoms with van der Waals surface area (Å²) < 4.78 is 2.10. The molecule has 0 bridgehead atoms. The van der Waals surface area contributed by atoms with Crippen molar-refractivity contribution in [1.29, 1.82) is 0 Å². The Morgan fingerprint density at radius 1 is 0.947 bits per heavy atom. The fourth-order valence-corrected chi connectivity index (χ4v) is 2.85. The van der Waals surface area contributed by atoms with Gasteiger partial charge in [0.2, 0.25) is 0 Å². The van der Waals surface area contributed by atoms with Crippen LogP contribution in [0.2, 0.25) is 0 Å². The standard InChI is InChI=1S/C16H13N3/c1-19-13-8-6-10-4-2-3-5-11(10)15(13)12-7-9-14(17)18-16(12)19/h2-9H,1H3,(H2,17,18). The van der Waals surface area contributed by atoms with E-state index >= 15 is 0 Å². The molecule has 0 saturated carbocycles. The molecule has 2 heterocycles. The maximum atomic E-state index is 5.80. The second-order valence-corrected chi connectivity index (χ2v) is 4.85. The van der Waals surface area contributed by atoms with Crippen LogP contribution >= 0.6 is 0 Å². The van der Waals surface area contributed by atoms with Gasteiger partial charge in [-0.25, -0.2) is 4.98 Å². The normalized spacial score (nSPS) is 11.6. The number of nitrogen functional groups attached to an aromatic ring is 1. The molecule has 2 aromatic heterocycles. The smallest absolute Gasteiger partial charge is 0.143 e. The Morgan fingerprint density at radius 2 is 1.79 bits per heavy atom. The summed E-state index contributed by atoms with van der Waals surface area (Å²) in [6, 6.07) is 16.7. The predicted molar refractivity (Wildman–Crippen MR) is 80.1 cm³/mol. The Kier molecular flexibility index (Phi) is 1.90. The molecule has 3 heteroatoms. The summed E-state index contributed by atoms with van der Waals surface area (Å²) in [7, 11) is 2.03. The van der Waals surface area contributed by atoms with Crippen molar-refractivity contribution >= 4 is 38.5 Å². The lowest BCUT2D eigenvalue weighted by Gasteiger charge is -2.00. The summed E-state index contributed by atoms with van der Waals surface area (Å²) in [5.74, 6) is 0.558. The minimum absolute atomic E-state index is 0.558. The van der Waals surface area contributed by atoms with Gasteiger partial charge in [-0.15, -0.1) is 0 Å². The van der Waals surface area contributed by atoms with Crippen LogP contribution in [0.4, 0.5) is 5.82 Å². The van der Waals surface area contributed by atoms with Gasteiger partial charge in [0.1, 0.15) is 11.5 Å². The highest BCUT2D eigenvalue weighted by atomic mass is 15.0. The van der Waals surface area contributed by atoms with Crippen LogP contribution < -0.4 is 5.73 Å². The SMILES string of the molecule is Cn1c2ccc3ccccc3c2c2ccc(N)nc21. The molecule has 0 atom stereocenters. The molecule has 0 aliphatic carbocycles. The fourth-order valence-electron chi connectivity index (χ4n) is 2.85. The third kappa shape index (κ3) is 1.30. The summed E-state index contributed by atoms with van der Waals surface area (Å²) in [6.45, 7) is 0. The third-order valence-corrected chi connectivity index (χ3v) is 3.75. The Labute approximate surface area is 110 Å². The molecule has 19 heavy (non-hydrogen) atoms. The molecule has 0 spiro atoms.